The van der Waals surface area contributed by atoms with Crippen LogP contribution < -0.4 is 5.32 Å². The van der Waals surface area contributed by atoms with Crippen LogP contribution in [0.15, 0.2) is 35.3 Å². The molecule has 2 aromatic heterocycles. The molecule has 0 saturated heterocycles. The molecule has 2 heterocycles. The van der Waals surface area contributed by atoms with Gasteiger partial charge >= 0.3 is 0 Å². The van der Waals surface area contributed by atoms with E-state index in [1.165, 1.54) is 12.5 Å². The van der Waals surface area contributed by atoms with E-state index < -0.39 is 0 Å². The molecule has 0 aromatic carbocycles. The Bertz CT molecular complexity index is 509. The average Bonchev–Trinajstić information content (AvgIpc) is 2.76. The zero-order valence-electron chi connectivity index (χ0n) is 8.53. The summed E-state index contributed by atoms with van der Waals surface area (Å²) in [6.07, 6.45) is 4.44. The number of carbonyl (C=O) groups is 1. The molecule has 0 aliphatic heterocycles. The standard InChI is InChI=1S/C11H9ClN2O2/c1-7-4-9(10(12)13-5-7)14-11(15)8-2-3-16-6-8/h2-6H,1H3,(H,14,15). The molecule has 0 radical (unpaired) electrons. The highest BCUT2D eigenvalue weighted by molar-refractivity contribution is 6.32. The van der Waals surface area contributed by atoms with E-state index in [1.54, 1.807) is 18.3 Å². The van der Waals surface area contributed by atoms with Crippen molar-refractivity contribution in [2.75, 3.05) is 5.32 Å². The van der Waals surface area contributed by atoms with E-state index in [4.69, 9.17) is 16.0 Å². The van der Waals surface area contributed by atoms with E-state index in [0.29, 0.717) is 11.3 Å². The van der Waals surface area contributed by atoms with Crippen LogP contribution in [0.5, 0.6) is 0 Å². The maximum Gasteiger partial charge on any atom is 0.258 e. The van der Waals surface area contributed by atoms with Gasteiger partial charge in [0.1, 0.15) is 6.26 Å². The molecule has 2 aromatic rings. The number of aryl methyl sites for hydroxylation is 1. The Labute approximate surface area is 97.2 Å². The lowest BCUT2D eigenvalue weighted by molar-refractivity contribution is 0.102. The van der Waals surface area contributed by atoms with Crippen LogP contribution in [0, 0.1) is 6.92 Å². The van der Waals surface area contributed by atoms with Gasteiger partial charge < -0.3 is 9.73 Å². The van der Waals surface area contributed by atoms with E-state index in [0.717, 1.165) is 5.56 Å². The lowest BCUT2D eigenvalue weighted by Gasteiger charge is -2.05. The minimum atomic E-state index is -0.275. The molecule has 0 atom stereocenters. The molecule has 4 nitrogen and oxygen atoms in total. The Morgan fingerprint density at radius 2 is 2.38 bits per heavy atom. The van der Waals surface area contributed by atoms with E-state index in [-0.39, 0.29) is 11.1 Å². The summed E-state index contributed by atoms with van der Waals surface area (Å²) in [5.41, 5.74) is 1.86. The molecule has 0 unspecified atom stereocenters. The first-order valence-corrected chi connectivity index (χ1v) is 5.00. The number of anilines is 1. The molecule has 0 spiro atoms. The van der Waals surface area contributed by atoms with Gasteiger partial charge in [-0.25, -0.2) is 4.98 Å². The van der Waals surface area contributed by atoms with Crippen molar-refractivity contribution >= 4 is 23.2 Å². The van der Waals surface area contributed by atoms with Crippen LogP contribution in [0.1, 0.15) is 15.9 Å². The van der Waals surface area contributed by atoms with Gasteiger partial charge in [0.25, 0.3) is 5.91 Å². The Morgan fingerprint density at radius 1 is 1.56 bits per heavy atom. The monoisotopic (exact) mass is 236 g/mol. The summed E-state index contributed by atoms with van der Waals surface area (Å²) in [7, 11) is 0. The number of pyridine rings is 1. The molecule has 5 heteroatoms. The number of carbonyl (C=O) groups excluding carboxylic acids is 1. The van der Waals surface area contributed by atoms with Crippen LogP contribution >= 0.6 is 11.6 Å². The van der Waals surface area contributed by atoms with Gasteiger partial charge in [0.2, 0.25) is 0 Å². The molecule has 0 aliphatic carbocycles. The summed E-state index contributed by atoms with van der Waals surface area (Å²) in [5.74, 6) is -0.275. The van der Waals surface area contributed by atoms with E-state index >= 15 is 0 Å². The minimum Gasteiger partial charge on any atom is -0.472 e. The van der Waals surface area contributed by atoms with Crippen molar-refractivity contribution in [3.05, 3.63) is 47.1 Å². The quantitative estimate of drug-likeness (QED) is 0.816. The zero-order chi connectivity index (χ0) is 11.5. The number of hydrogen-bond donors (Lipinski definition) is 1. The maximum absolute atomic E-state index is 11.7. The highest BCUT2D eigenvalue weighted by Crippen LogP contribution is 2.20. The molecule has 2 rings (SSSR count). The van der Waals surface area contributed by atoms with Crippen LogP contribution in [0.25, 0.3) is 0 Å². The van der Waals surface area contributed by atoms with Gasteiger partial charge in [-0.05, 0) is 24.6 Å². The number of halogens is 1. The molecular weight excluding hydrogens is 228 g/mol. The number of nitrogens with zero attached hydrogens (tertiary/aromatic N) is 1. The topological polar surface area (TPSA) is 55.1 Å². The number of amides is 1. The first-order chi connectivity index (χ1) is 7.66. The second kappa shape index (κ2) is 4.37. The molecule has 82 valence electrons. The van der Waals surface area contributed by atoms with Crippen molar-refractivity contribution in [2.45, 2.75) is 6.92 Å². The van der Waals surface area contributed by atoms with Gasteiger partial charge in [0.05, 0.1) is 17.5 Å². The molecule has 0 aliphatic rings. The summed E-state index contributed by atoms with van der Waals surface area (Å²) in [4.78, 5) is 15.6. The number of rotatable bonds is 2. The molecule has 0 saturated carbocycles. The van der Waals surface area contributed by atoms with Crippen molar-refractivity contribution in [1.29, 1.82) is 0 Å². The van der Waals surface area contributed by atoms with Crippen molar-refractivity contribution < 1.29 is 9.21 Å². The van der Waals surface area contributed by atoms with Crippen molar-refractivity contribution in [1.82, 2.24) is 4.98 Å². The fraction of sp³-hybridized carbons (Fsp3) is 0.0909. The highest BCUT2D eigenvalue weighted by Gasteiger charge is 2.10. The summed E-state index contributed by atoms with van der Waals surface area (Å²) >= 11 is 5.85. The fourth-order valence-electron chi connectivity index (χ4n) is 1.23. The molecule has 0 bridgehead atoms. The van der Waals surface area contributed by atoms with Crippen molar-refractivity contribution in [2.24, 2.45) is 0 Å². The van der Waals surface area contributed by atoms with Crippen LogP contribution in [0.4, 0.5) is 5.69 Å². The molecule has 16 heavy (non-hydrogen) atoms. The largest absolute Gasteiger partial charge is 0.472 e. The van der Waals surface area contributed by atoms with Crippen LogP contribution in [-0.2, 0) is 0 Å². The number of hydrogen-bond acceptors (Lipinski definition) is 3. The van der Waals surface area contributed by atoms with Gasteiger partial charge in [-0.2, -0.15) is 0 Å². The lowest BCUT2D eigenvalue weighted by Crippen LogP contribution is -2.11. The first-order valence-electron chi connectivity index (χ1n) is 4.62. The second-order valence-electron chi connectivity index (χ2n) is 3.32. The smallest absolute Gasteiger partial charge is 0.258 e. The first kappa shape index (κ1) is 10.7. The second-order valence-corrected chi connectivity index (χ2v) is 3.68. The van der Waals surface area contributed by atoms with Gasteiger partial charge in [-0.15, -0.1) is 0 Å². The third kappa shape index (κ3) is 2.23. The Morgan fingerprint density at radius 3 is 3.06 bits per heavy atom. The van der Waals surface area contributed by atoms with Crippen molar-refractivity contribution in [3.8, 4) is 0 Å². The third-order valence-electron chi connectivity index (χ3n) is 2.01. The Hall–Kier alpha value is -1.81. The maximum atomic E-state index is 11.7. The third-order valence-corrected chi connectivity index (χ3v) is 2.31. The number of furan rings is 1. The van der Waals surface area contributed by atoms with E-state index in [9.17, 15) is 4.79 Å². The van der Waals surface area contributed by atoms with Crippen molar-refractivity contribution in [3.63, 3.8) is 0 Å². The fourth-order valence-corrected chi connectivity index (χ4v) is 1.38. The SMILES string of the molecule is Cc1cnc(Cl)c(NC(=O)c2ccoc2)c1. The predicted octanol–water partition coefficient (Wildman–Crippen LogP) is 2.89. The van der Waals surface area contributed by atoms with Gasteiger partial charge in [-0.3, -0.25) is 4.79 Å². The number of nitrogens with one attached hydrogen (secondary N) is 1. The molecule has 0 fully saturated rings. The number of aromatic nitrogens is 1. The van der Waals surface area contributed by atoms with Crippen LogP contribution in [-0.4, -0.2) is 10.9 Å². The highest BCUT2D eigenvalue weighted by atomic mass is 35.5. The average molecular weight is 237 g/mol. The predicted molar refractivity (Wildman–Crippen MR) is 60.6 cm³/mol. The Kier molecular flexibility index (Phi) is 2.92. The van der Waals surface area contributed by atoms with E-state index in [2.05, 4.69) is 10.3 Å². The zero-order valence-corrected chi connectivity index (χ0v) is 9.28. The van der Waals surface area contributed by atoms with Crippen LogP contribution in [0.2, 0.25) is 5.15 Å². The normalized spacial score (nSPS) is 10.1. The van der Waals surface area contributed by atoms with Gasteiger partial charge in [0, 0.05) is 6.20 Å². The summed E-state index contributed by atoms with van der Waals surface area (Å²) < 4.78 is 4.82. The minimum absolute atomic E-state index is 0.266. The van der Waals surface area contributed by atoms with E-state index in [1.807, 2.05) is 6.92 Å². The molecule has 1 amide bonds. The van der Waals surface area contributed by atoms with Gasteiger partial charge in [-0.1, -0.05) is 11.6 Å². The summed E-state index contributed by atoms with van der Waals surface area (Å²) in [6, 6.07) is 3.33. The Balaban J connectivity index is 2.21. The van der Waals surface area contributed by atoms with Gasteiger partial charge in [0.15, 0.2) is 5.15 Å². The van der Waals surface area contributed by atoms with Crippen LogP contribution in [0.3, 0.4) is 0 Å². The molecular formula is C11H9ClN2O2. The summed E-state index contributed by atoms with van der Waals surface area (Å²) in [6.45, 7) is 1.87. The molecule has 1 N–H and O–H groups in total. The summed E-state index contributed by atoms with van der Waals surface area (Å²) in [5, 5.41) is 2.93. The lowest BCUT2D eigenvalue weighted by atomic mass is 10.2.